The lowest BCUT2D eigenvalue weighted by Gasteiger charge is -2.09. The van der Waals surface area contributed by atoms with E-state index >= 15 is 0 Å². The second kappa shape index (κ2) is 36.3. The smallest absolute Gasteiger partial charge is 0.334 e. The molecule has 0 heterocycles. The summed E-state index contributed by atoms with van der Waals surface area (Å²) < 4.78 is 48.4. The van der Waals surface area contributed by atoms with Crippen molar-refractivity contribution in [1.29, 1.82) is 0 Å². The second-order valence-electron chi connectivity index (χ2n) is 9.92. The fourth-order valence-corrected chi connectivity index (χ4v) is 3.65. The molecule has 0 amide bonds. The molecule has 42 heavy (non-hydrogen) atoms. The Bertz CT molecular complexity index is 523. The lowest BCUT2D eigenvalue weighted by Crippen LogP contribution is -2.21. The molecule has 0 radical (unpaired) electrons. The van der Waals surface area contributed by atoms with Crippen molar-refractivity contribution in [2.24, 2.45) is 0 Å². The number of aliphatic hydroxyl groups is 1. The molecule has 1 N–H and O–H groups in total. The van der Waals surface area contributed by atoms with E-state index in [-0.39, 0.29) is 13.2 Å². The van der Waals surface area contributed by atoms with Crippen LogP contribution in [-0.2, 0) is 47.4 Å². The van der Waals surface area contributed by atoms with Crippen molar-refractivity contribution < 1.29 is 52.5 Å². The highest BCUT2D eigenvalue weighted by atomic mass is 16.6. The van der Waals surface area contributed by atoms with Crippen molar-refractivity contribution >= 4 is 5.97 Å². The first-order valence-electron chi connectivity index (χ1n) is 16.1. The number of rotatable bonds is 36. The molecule has 0 aromatic rings. The molecule has 0 spiro atoms. The molecule has 0 unspecified atom stereocenters. The van der Waals surface area contributed by atoms with Gasteiger partial charge in [-0.2, -0.15) is 0 Å². The van der Waals surface area contributed by atoms with Crippen LogP contribution in [0, 0.1) is 0 Å². The van der Waals surface area contributed by atoms with Gasteiger partial charge in [-0.1, -0.05) is 64.7 Å². The topological polar surface area (TPSA) is 120 Å². The van der Waals surface area contributed by atoms with Gasteiger partial charge in [0.25, 0.3) is 0 Å². The SMILES string of the molecule is CCCCCCCCCCCCOCCOCCOCCOCCOCCOCCOCCOCCOC(=O)[C@@H](C)O. The van der Waals surface area contributed by atoms with Crippen LogP contribution < -0.4 is 0 Å². The van der Waals surface area contributed by atoms with E-state index in [4.69, 9.17) is 47.7 Å². The summed E-state index contributed by atoms with van der Waals surface area (Å²) in [5, 5.41) is 8.97. The summed E-state index contributed by atoms with van der Waals surface area (Å²) in [5.41, 5.74) is 0. The van der Waals surface area contributed by atoms with Gasteiger partial charge in [-0.3, -0.25) is 0 Å². The average molecular weight is 611 g/mol. The molecular weight excluding hydrogens is 548 g/mol. The van der Waals surface area contributed by atoms with Gasteiger partial charge in [-0.05, 0) is 13.3 Å². The van der Waals surface area contributed by atoms with Gasteiger partial charge in [0.05, 0.1) is 99.1 Å². The Labute approximate surface area is 255 Å². The maximum absolute atomic E-state index is 11.0. The average Bonchev–Trinajstić information content (AvgIpc) is 2.99. The monoisotopic (exact) mass is 610 g/mol. The number of ether oxygens (including phenoxy) is 9. The highest BCUT2D eigenvalue weighted by molar-refractivity contribution is 5.73. The standard InChI is InChI=1S/C31H62O11/c1-3-4-5-6-7-8-9-10-11-12-13-34-14-15-35-16-17-36-18-19-37-20-21-38-22-23-39-24-25-40-26-27-41-28-29-42-31(33)30(2)32/h30,32H,3-29H2,1-2H3/t30-/m1/s1. The molecule has 0 saturated carbocycles. The van der Waals surface area contributed by atoms with E-state index in [1.807, 2.05) is 0 Å². The van der Waals surface area contributed by atoms with Gasteiger partial charge < -0.3 is 47.7 Å². The summed E-state index contributed by atoms with van der Waals surface area (Å²) in [6.07, 6.45) is 12.3. The van der Waals surface area contributed by atoms with Crippen molar-refractivity contribution in [1.82, 2.24) is 0 Å². The van der Waals surface area contributed by atoms with Gasteiger partial charge in [0.2, 0.25) is 0 Å². The van der Waals surface area contributed by atoms with Gasteiger partial charge in [0.15, 0.2) is 0 Å². The van der Waals surface area contributed by atoms with E-state index in [9.17, 15) is 4.79 Å². The zero-order valence-corrected chi connectivity index (χ0v) is 26.7. The van der Waals surface area contributed by atoms with Crippen LogP contribution in [0.5, 0.6) is 0 Å². The predicted molar refractivity (Wildman–Crippen MR) is 161 cm³/mol. The first kappa shape index (κ1) is 41.1. The van der Waals surface area contributed by atoms with Crippen LogP contribution in [0.4, 0.5) is 0 Å². The van der Waals surface area contributed by atoms with E-state index < -0.39 is 12.1 Å². The van der Waals surface area contributed by atoms with Crippen molar-refractivity contribution in [2.75, 3.05) is 112 Å². The van der Waals surface area contributed by atoms with Crippen LogP contribution in [-0.4, -0.2) is 129 Å². The maximum atomic E-state index is 11.0. The minimum absolute atomic E-state index is 0.108. The van der Waals surface area contributed by atoms with Crippen LogP contribution in [0.2, 0.25) is 0 Å². The minimum Gasteiger partial charge on any atom is -0.461 e. The second-order valence-corrected chi connectivity index (χ2v) is 9.92. The van der Waals surface area contributed by atoms with Crippen molar-refractivity contribution in [3.63, 3.8) is 0 Å². The molecule has 11 heteroatoms. The summed E-state index contributed by atoms with van der Waals surface area (Å²) in [6.45, 7) is 12.0. The molecule has 0 aromatic heterocycles. The van der Waals surface area contributed by atoms with E-state index in [0.29, 0.717) is 92.5 Å². The number of unbranched alkanes of at least 4 members (excludes halogenated alkanes) is 9. The number of hydrogen-bond donors (Lipinski definition) is 1. The van der Waals surface area contributed by atoms with Gasteiger partial charge in [0, 0.05) is 6.61 Å². The maximum Gasteiger partial charge on any atom is 0.334 e. The van der Waals surface area contributed by atoms with Crippen molar-refractivity contribution in [3.8, 4) is 0 Å². The summed E-state index contributed by atoms with van der Waals surface area (Å²) in [6, 6.07) is 0. The third-order valence-electron chi connectivity index (χ3n) is 6.06. The lowest BCUT2D eigenvalue weighted by atomic mass is 10.1. The molecule has 1 atom stereocenters. The largest absolute Gasteiger partial charge is 0.461 e. The molecule has 0 rings (SSSR count). The number of hydrogen-bond acceptors (Lipinski definition) is 11. The van der Waals surface area contributed by atoms with E-state index in [0.717, 1.165) is 13.0 Å². The molecule has 0 aliphatic heterocycles. The fourth-order valence-electron chi connectivity index (χ4n) is 3.65. The highest BCUT2D eigenvalue weighted by Crippen LogP contribution is 2.10. The third-order valence-corrected chi connectivity index (χ3v) is 6.06. The number of carbonyl (C=O) groups excluding carboxylic acids is 1. The summed E-state index contributed by atoms with van der Waals surface area (Å²) in [4.78, 5) is 11.0. The Morgan fingerprint density at radius 2 is 0.690 bits per heavy atom. The molecule has 0 bridgehead atoms. The van der Waals surface area contributed by atoms with Crippen LogP contribution in [0.15, 0.2) is 0 Å². The molecule has 0 aliphatic rings. The molecule has 0 fully saturated rings. The zero-order chi connectivity index (χ0) is 30.6. The summed E-state index contributed by atoms with van der Waals surface area (Å²) in [7, 11) is 0. The Hall–Kier alpha value is -0.890. The van der Waals surface area contributed by atoms with Gasteiger partial charge >= 0.3 is 5.97 Å². The number of aliphatic hydroxyl groups excluding tert-OH is 1. The molecule has 11 nitrogen and oxygen atoms in total. The molecule has 0 aliphatic carbocycles. The lowest BCUT2D eigenvalue weighted by molar-refractivity contribution is -0.154. The highest BCUT2D eigenvalue weighted by Gasteiger charge is 2.09. The quantitative estimate of drug-likeness (QED) is 0.0820. The first-order chi connectivity index (χ1) is 20.7. The number of carbonyl (C=O) groups is 1. The summed E-state index contributed by atoms with van der Waals surface area (Å²) in [5.74, 6) is -0.656. The fraction of sp³-hybridized carbons (Fsp3) is 0.968. The van der Waals surface area contributed by atoms with E-state index in [1.165, 1.54) is 64.7 Å². The van der Waals surface area contributed by atoms with Gasteiger partial charge in [-0.15, -0.1) is 0 Å². The molecule has 252 valence electrons. The molecular formula is C31H62O11. The Kier molecular flexibility index (Phi) is 35.5. The van der Waals surface area contributed by atoms with Crippen LogP contribution in [0.25, 0.3) is 0 Å². The minimum atomic E-state index is -1.12. The third kappa shape index (κ3) is 35.3. The Morgan fingerprint density at radius 1 is 0.429 bits per heavy atom. The number of esters is 1. The Morgan fingerprint density at radius 3 is 1.00 bits per heavy atom. The van der Waals surface area contributed by atoms with Crippen LogP contribution in [0.1, 0.15) is 78.1 Å². The van der Waals surface area contributed by atoms with Crippen molar-refractivity contribution in [3.05, 3.63) is 0 Å². The van der Waals surface area contributed by atoms with Gasteiger partial charge in [-0.25, -0.2) is 4.79 Å². The summed E-state index contributed by atoms with van der Waals surface area (Å²) >= 11 is 0. The van der Waals surface area contributed by atoms with Crippen LogP contribution in [0.3, 0.4) is 0 Å². The Balaban J connectivity index is 3.06. The van der Waals surface area contributed by atoms with E-state index in [1.54, 1.807) is 0 Å². The first-order valence-corrected chi connectivity index (χ1v) is 16.1. The van der Waals surface area contributed by atoms with Crippen molar-refractivity contribution in [2.45, 2.75) is 84.2 Å². The van der Waals surface area contributed by atoms with Crippen LogP contribution >= 0.6 is 0 Å². The predicted octanol–water partition coefficient (Wildman–Crippen LogP) is 3.96. The van der Waals surface area contributed by atoms with Gasteiger partial charge in [0.1, 0.15) is 12.7 Å². The van der Waals surface area contributed by atoms with E-state index in [2.05, 4.69) is 6.92 Å². The zero-order valence-electron chi connectivity index (χ0n) is 26.7. The normalized spacial score (nSPS) is 12.2. The molecule has 0 saturated heterocycles. The molecule has 0 aromatic carbocycles.